The van der Waals surface area contributed by atoms with Gasteiger partial charge in [-0.05, 0) is 49.6 Å². The van der Waals surface area contributed by atoms with E-state index in [2.05, 4.69) is 5.32 Å². The lowest BCUT2D eigenvalue weighted by molar-refractivity contribution is -0.128. The second kappa shape index (κ2) is 10.3. The van der Waals surface area contributed by atoms with Crippen LogP contribution in [-0.4, -0.2) is 18.3 Å². The van der Waals surface area contributed by atoms with Crippen molar-refractivity contribution in [1.82, 2.24) is 0 Å². The van der Waals surface area contributed by atoms with Gasteiger partial charge in [0, 0.05) is 11.4 Å². The first-order valence-corrected chi connectivity index (χ1v) is 9.12. The summed E-state index contributed by atoms with van der Waals surface area (Å²) >= 11 is 5.85. The number of carbonyl (C=O) groups excluding carboxylic acids is 2. The third-order valence-corrected chi connectivity index (χ3v) is 4.21. The van der Waals surface area contributed by atoms with Crippen LogP contribution in [0.5, 0.6) is 5.75 Å². The standard InChI is InChI=1S/C21H21ClN2O3/c1-2-27-20-9-4-3-7-18(20)24-21(26)17(14-23)19(25)8-5-6-15-10-12-16(22)13-11-15/h3-4,7,9-13,17H,2,5-6,8H2,1H3,(H,24,26). The molecule has 1 atom stereocenters. The van der Waals surface area contributed by atoms with Crippen LogP contribution in [0, 0.1) is 17.2 Å². The number of nitrogens with zero attached hydrogens (tertiary/aromatic N) is 1. The molecule has 2 aromatic carbocycles. The minimum absolute atomic E-state index is 0.154. The van der Waals surface area contributed by atoms with Gasteiger partial charge >= 0.3 is 0 Å². The van der Waals surface area contributed by atoms with Crippen LogP contribution in [0.25, 0.3) is 0 Å². The van der Waals surface area contributed by atoms with Crippen molar-refractivity contribution < 1.29 is 14.3 Å². The fourth-order valence-electron chi connectivity index (χ4n) is 2.60. The minimum atomic E-state index is -1.34. The van der Waals surface area contributed by atoms with E-state index in [-0.39, 0.29) is 6.42 Å². The van der Waals surface area contributed by atoms with Crippen molar-refractivity contribution in [3.05, 3.63) is 59.1 Å². The minimum Gasteiger partial charge on any atom is -0.492 e. The van der Waals surface area contributed by atoms with E-state index in [4.69, 9.17) is 16.3 Å². The molecule has 1 amide bonds. The van der Waals surface area contributed by atoms with E-state index in [0.717, 1.165) is 5.56 Å². The van der Waals surface area contributed by atoms with E-state index in [1.807, 2.05) is 25.1 Å². The van der Waals surface area contributed by atoms with Gasteiger partial charge in [-0.15, -0.1) is 0 Å². The van der Waals surface area contributed by atoms with E-state index < -0.39 is 17.6 Å². The summed E-state index contributed by atoms with van der Waals surface area (Å²) in [5, 5.41) is 12.6. The molecule has 2 rings (SSSR count). The molecule has 0 aromatic heterocycles. The van der Waals surface area contributed by atoms with Crippen LogP contribution >= 0.6 is 11.6 Å². The normalized spacial score (nSPS) is 11.3. The molecule has 0 fully saturated rings. The Morgan fingerprint density at radius 1 is 1.19 bits per heavy atom. The molecule has 0 radical (unpaired) electrons. The Hall–Kier alpha value is -2.84. The Balaban J connectivity index is 1.92. The number of ether oxygens (including phenoxy) is 1. The maximum absolute atomic E-state index is 12.4. The third kappa shape index (κ3) is 6.12. The SMILES string of the molecule is CCOc1ccccc1NC(=O)C(C#N)C(=O)CCCc1ccc(Cl)cc1. The molecule has 0 saturated heterocycles. The molecule has 0 aliphatic carbocycles. The summed E-state index contributed by atoms with van der Waals surface area (Å²) in [5.74, 6) is -1.87. The molecule has 2 aromatic rings. The quantitative estimate of drug-likeness (QED) is 0.649. The van der Waals surface area contributed by atoms with Gasteiger partial charge in [-0.3, -0.25) is 9.59 Å². The fourth-order valence-corrected chi connectivity index (χ4v) is 2.72. The van der Waals surface area contributed by atoms with Gasteiger partial charge in [-0.2, -0.15) is 5.26 Å². The first-order valence-electron chi connectivity index (χ1n) is 8.74. The van der Waals surface area contributed by atoms with Crippen LogP contribution in [0.2, 0.25) is 5.02 Å². The Labute approximate surface area is 163 Å². The second-order valence-corrected chi connectivity index (χ2v) is 6.36. The second-order valence-electron chi connectivity index (χ2n) is 5.93. The molecule has 0 bridgehead atoms. The average molecular weight is 385 g/mol. The van der Waals surface area contributed by atoms with Gasteiger partial charge < -0.3 is 10.1 Å². The molecule has 0 heterocycles. The molecular formula is C21H21ClN2O3. The Bertz CT molecular complexity index is 828. The number of halogens is 1. The summed E-state index contributed by atoms with van der Waals surface area (Å²) in [4.78, 5) is 24.7. The number of hydrogen-bond donors (Lipinski definition) is 1. The number of aryl methyl sites for hydroxylation is 1. The molecule has 1 unspecified atom stereocenters. The van der Waals surface area contributed by atoms with Crippen molar-refractivity contribution in [3.63, 3.8) is 0 Å². The highest BCUT2D eigenvalue weighted by Gasteiger charge is 2.26. The van der Waals surface area contributed by atoms with E-state index in [1.54, 1.807) is 36.4 Å². The van der Waals surface area contributed by atoms with Gasteiger partial charge in [0.2, 0.25) is 5.91 Å². The number of para-hydroxylation sites is 2. The Morgan fingerprint density at radius 2 is 1.89 bits per heavy atom. The van der Waals surface area contributed by atoms with Crippen LogP contribution in [0.3, 0.4) is 0 Å². The van der Waals surface area contributed by atoms with Gasteiger partial charge in [0.15, 0.2) is 11.7 Å². The lowest BCUT2D eigenvalue weighted by Gasteiger charge is -2.13. The number of nitrogens with one attached hydrogen (secondary N) is 1. The Morgan fingerprint density at radius 3 is 2.56 bits per heavy atom. The van der Waals surface area contributed by atoms with Gasteiger partial charge in [0.05, 0.1) is 18.4 Å². The number of carbonyl (C=O) groups is 2. The van der Waals surface area contributed by atoms with Crippen LogP contribution in [0.1, 0.15) is 25.3 Å². The topological polar surface area (TPSA) is 79.2 Å². The summed E-state index contributed by atoms with van der Waals surface area (Å²) in [6.45, 7) is 2.28. The molecule has 0 saturated carbocycles. The lowest BCUT2D eigenvalue weighted by Crippen LogP contribution is -2.28. The van der Waals surface area contributed by atoms with E-state index in [0.29, 0.717) is 35.9 Å². The smallest absolute Gasteiger partial charge is 0.249 e. The molecule has 140 valence electrons. The van der Waals surface area contributed by atoms with E-state index >= 15 is 0 Å². The highest BCUT2D eigenvalue weighted by Crippen LogP contribution is 2.24. The van der Waals surface area contributed by atoms with E-state index in [1.165, 1.54) is 0 Å². The lowest BCUT2D eigenvalue weighted by atomic mass is 9.98. The summed E-state index contributed by atoms with van der Waals surface area (Å²) in [5.41, 5.74) is 1.49. The molecule has 0 aliphatic heterocycles. The van der Waals surface area contributed by atoms with Crippen molar-refractivity contribution in [1.29, 1.82) is 5.26 Å². The van der Waals surface area contributed by atoms with Gasteiger partial charge in [-0.25, -0.2) is 0 Å². The molecular weight excluding hydrogens is 364 g/mol. The van der Waals surface area contributed by atoms with Crippen LogP contribution < -0.4 is 10.1 Å². The number of anilines is 1. The van der Waals surface area contributed by atoms with Crippen LogP contribution in [0.15, 0.2) is 48.5 Å². The summed E-state index contributed by atoms with van der Waals surface area (Å²) < 4.78 is 5.44. The average Bonchev–Trinajstić information content (AvgIpc) is 2.66. The zero-order valence-corrected chi connectivity index (χ0v) is 15.8. The predicted molar refractivity (Wildman–Crippen MR) is 105 cm³/mol. The first kappa shape index (κ1) is 20.5. The number of amides is 1. The maximum Gasteiger partial charge on any atom is 0.249 e. The zero-order valence-electron chi connectivity index (χ0n) is 15.1. The molecule has 0 spiro atoms. The molecule has 0 aliphatic rings. The van der Waals surface area contributed by atoms with Gasteiger partial charge in [-0.1, -0.05) is 35.9 Å². The maximum atomic E-state index is 12.4. The number of rotatable bonds is 9. The largest absolute Gasteiger partial charge is 0.492 e. The van der Waals surface area contributed by atoms with Crippen molar-refractivity contribution in [3.8, 4) is 11.8 Å². The first-order chi connectivity index (χ1) is 13.0. The number of ketones is 1. The van der Waals surface area contributed by atoms with Crippen molar-refractivity contribution >= 4 is 29.0 Å². The fraction of sp³-hybridized carbons (Fsp3) is 0.286. The van der Waals surface area contributed by atoms with E-state index in [9.17, 15) is 14.9 Å². The van der Waals surface area contributed by atoms with Gasteiger partial charge in [0.25, 0.3) is 0 Å². The number of benzene rings is 2. The molecule has 6 heteroatoms. The van der Waals surface area contributed by atoms with Crippen LogP contribution in [-0.2, 0) is 16.0 Å². The predicted octanol–water partition coefficient (Wildman–Crippen LogP) is 4.41. The van der Waals surface area contributed by atoms with Crippen molar-refractivity contribution in [2.75, 3.05) is 11.9 Å². The van der Waals surface area contributed by atoms with Crippen molar-refractivity contribution in [2.45, 2.75) is 26.2 Å². The number of hydrogen-bond acceptors (Lipinski definition) is 4. The molecule has 1 N–H and O–H groups in total. The highest BCUT2D eigenvalue weighted by atomic mass is 35.5. The Kier molecular flexibility index (Phi) is 7.84. The molecule has 27 heavy (non-hydrogen) atoms. The van der Waals surface area contributed by atoms with Crippen molar-refractivity contribution in [2.24, 2.45) is 5.92 Å². The zero-order chi connectivity index (χ0) is 19.6. The molecule has 5 nitrogen and oxygen atoms in total. The van der Waals surface area contributed by atoms with Gasteiger partial charge in [0.1, 0.15) is 5.75 Å². The highest BCUT2D eigenvalue weighted by molar-refractivity contribution is 6.30. The summed E-state index contributed by atoms with van der Waals surface area (Å²) in [6, 6.07) is 16.1. The monoisotopic (exact) mass is 384 g/mol. The van der Waals surface area contributed by atoms with Crippen LogP contribution in [0.4, 0.5) is 5.69 Å². The summed E-state index contributed by atoms with van der Waals surface area (Å²) in [7, 11) is 0. The summed E-state index contributed by atoms with van der Waals surface area (Å²) in [6.07, 6.45) is 1.39. The third-order valence-electron chi connectivity index (χ3n) is 3.96. The number of Topliss-reactive ketones (excluding diaryl/α,β-unsaturated/α-hetero) is 1. The number of nitriles is 1.